The SMILES string of the molecule is C=CCP(OCCCC)OCCCC. The maximum absolute atomic E-state index is 5.64. The second-order valence-electron chi connectivity index (χ2n) is 3.18. The van der Waals surface area contributed by atoms with Gasteiger partial charge in [-0.25, -0.2) is 0 Å². The first-order chi connectivity index (χ1) is 6.85. The van der Waals surface area contributed by atoms with Gasteiger partial charge in [-0.1, -0.05) is 32.8 Å². The van der Waals surface area contributed by atoms with E-state index in [4.69, 9.17) is 9.05 Å². The summed E-state index contributed by atoms with van der Waals surface area (Å²) in [5, 5.41) is 0. The highest BCUT2D eigenvalue weighted by Crippen LogP contribution is 2.38. The van der Waals surface area contributed by atoms with Crippen LogP contribution in [-0.2, 0) is 9.05 Å². The Balaban J connectivity index is 3.49. The fraction of sp³-hybridized carbons (Fsp3) is 0.818. The van der Waals surface area contributed by atoms with E-state index < -0.39 is 8.38 Å². The summed E-state index contributed by atoms with van der Waals surface area (Å²) in [5.74, 6) is 0. The molecule has 0 fully saturated rings. The average Bonchev–Trinajstić information content (AvgIpc) is 2.18. The molecular formula is C11H23O2P. The summed E-state index contributed by atoms with van der Waals surface area (Å²) >= 11 is 0. The zero-order valence-electron chi connectivity index (χ0n) is 9.50. The molecule has 3 heteroatoms. The Morgan fingerprint density at radius 3 is 1.93 bits per heavy atom. The molecule has 0 aromatic carbocycles. The van der Waals surface area contributed by atoms with Gasteiger partial charge in [-0.2, -0.15) is 0 Å². The van der Waals surface area contributed by atoms with Crippen molar-refractivity contribution in [3.63, 3.8) is 0 Å². The Morgan fingerprint density at radius 2 is 1.57 bits per heavy atom. The molecular weight excluding hydrogens is 195 g/mol. The van der Waals surface area contributed by atoms with Gasteiger partial charge in [0, 0.05) is 6.16 Å². The molecule has 0 N–H and O–H groups in total. The quantitative estimate of drug-likeness (QED) is 0.312. The highest BCUT2D eigenvalue weighted by molar-refractivity contribution is 7.47. The summed E-state index contributed by atoms with van der Waals surface area (Å²) < 4.78 is 11.3. The van der Waals surface area contributed by atoms with Gasteiger partial charge in [0.2, 0.25) is 0 Å². The number of allylic oxidation sites excluding steroid dienone is 1. The minimum Gasteiger partial charge on any atom is -0.334 e. The van der Waals surface area contributed by atoms with Gasteiger partial charge >= 0.3 is 0 Å². The fourth-order valence-corrected chi connectivity index (χ4v) is 2.03. The highest BCUT2D eigenvalue weighted by Gasteiger charge is 2.07. The Bertz CT molecular complexity index is 118. The molecule has 0 spiro atoms. The van der Waals surface area contributed by atoms with Gasteiger partial charge in [-0.05, 0) is 12.8 Å². The van der Waals surface area contributed by atoms with E-state index in [0.29, 0.717) is 0 Å². The van der Waals surface area contributed by atoms with E-state index >= 15 is 0 Å². The molecule has 0 rings (SSSR count). The van der Waals surface area contributed by atoms with Crippen molar-refractivity contribution in [3.05, 3.63) is 12.7 Å². The lowest BCUT2D eigenvalue weighted by Crippen LogP contribution is -1.97. The molecule has 0 aliphatic rings. The van der Waals surface area contributed by atoms with E-state index in [1.807, 2.05) is 6.08 Å². The second-order valence-corrected chi connectivity index (χ2v) is 4.72. The van der Waals surface area contributed by atoms with Crippen LogP contribution in [0.1, 0.15) is 39.5 Å². The van der Waals surface area contributed by atoms with Crippen molar-refractivity contribution in [2.24, 2.45) is 0 Å². The zero-order chi connectivity index (χ0) is 10.6. The Labute approximate surface area is 89.6 Å². The van der Waals surface area contributed by atoms with Crippen LogP contribution >= 0.6 is 8.38 Å². The molecule has 0 aliphatic heterocycles. The molecule has 0 aromatic heterocycles. The summed E-state index contributed by atoms with van der Waals surface area (Å²) in [6, 6.07) is 0. The maximum Gasteiger partial charge on any atom is 0.174 e. The van der Waals surface area contributed by atoms with Gasteiger partial charge < -0.3 is 9.05 Å². The van der Waals surface area contributed by atoms with Crippen LogP contribution in [0.5, 0.6) is 0 Å². The minimum atomic E-state index is -0.702. The summed E-state index contributed by atoms with van der Waals surface area (Å²) in [4.78, 5) is 0. The zero-order valence-corrected chi connectivity index (χ0v) is 10.4. The van der Waals surface area contributed by atoms with Crippen molar-refractivity contribution in [3.8, 4) is 0 Å². The molecule has 14 heavy (non-hydrogen) atoms. The van der Waals surface area contributed by atoms with E-state index in [9.17, 15) is 0 Å². The molecule has 0 saturated carbocycles. The average molecular weight is 218 g/mol. The molecule has 0 amide bonds. The third-order valence-electron chi connectivity index (χ3n) is 1.74. The maximum atomic E-state index is 5.64. The van der Waals surface area contributed by atoms with E-state index in [2.05, 4.69) is 20.4 Å². The largest absolute Gasteiger partial charge is 0.334 e. The van der Waals surface area contributed by atoms with Gasteiger partial charge in [-0.3, -0.25) is 0 Å². The van der Waals surface area contributed by atoms with Crippen molar-refractivity contribution < 1.29 is 9.05 Å². The van der Waals surface area contributed by atoms with Crippen molar-refractivity contribution in [1.82, 2.24) is 0 Å². The molecule has 0 saturated heterocycles. The molecule has 84 valence electrons. The predicted molar refractivity (Wildman–Crippen MR) is 63.7 cm³/mol. The Kier molecular flexibility index (Phi) is 11.2. The number of hydrogen-bond acceptors (Lipinski definition) is 2. The van der Waals surface area contributed by atoms with Gasteiger partial charge in [0.25, 0.3) is 0 Å². The summed E-state index contributed by atoms with van der Waals surface area (Å²) in [6.07, 6.45) is 7.31. The number of unbranched alkanes of at least 4 members (excludes halogenated alkanes) is 2. The van der Waals surface area contributed by atoms with Crippen LogP contribution in [0.15, 0.2) is 12.7 Å². The first-order valence-corrected chi connectivity index (χ1v) is 6.85. The molecule has 0 unspecified atom stereocenters. The van der Waals surface area contributed by atoms with Crippen LogP contribution in [-0.4, -0.2) is 19.4 Å². The van der Waals surface area contributed by atoms with Gasteiger partial charge in [0.15, 0.2) is 8.38 Å². The fourth-order valence-electron chi connectivity index (χ4n) is 0.869. The lowest BCUT2D eigenvalue weighted by Gasteiger charge is -2.15. The van der Waals surface area contributed by atoms with Crippen LogP contribution in [0.2, 0.25) is 0 Å². The van der Waals surface area contributed by atoms with E-state index in [1.54, 1.807) is 0 Å². The van der Waals surface area contributed by atoms with E-state index in [0.717, 1.165) is 32.2 Å². The molecule has 0 heterocycles. The monoisotopic (exact) mass is 218 g/mol. The first-order valence-electron chi connectivity index (χ1n) is 5.49. The second kappa shape index (κ2) is 11.2. The summed E-state index contributed by atoms with van der Waals surface area (Å²) in [6.45, 7) is 9.68. The molecule has 0 atom stereocenters. The Morgan fingerprint density at radius 1 is 1.07 bits per heavy atom. The van der Waals surface area contributed by atoms with Crippen LogP contribution in [0.4, 0.5) is 0 Å². The van der Waals surface area contributed by atoms with Gasteiger partial charge in [0.05, 0.1) is 13.2 Å². The van der Waals surface area contributed by atoms with Gasteiger partial charge in [-0.15, -0.1) is 6.58 Å². The van der Waals surface area contributed by atoms with Crippen molar-refractivity contribution in [2.75, 3.05) is 19.4 Å². The third kappa shape index (κ3) is 8.68. The summed E-state index contributed by atoms with van der Waals surface area (Å²) in [5.41, 5.74) is 0. The van der Waals surface area contributed by atoms with E-state index in [1.165, 1.54) is 12.8 Å². The van der Waals surface area contributed by atoms with Gasteiger partial charge in [0.1, 0.15) is 0 Å². The van der Waals surface area contributed by atoms with Crippen molar-refractivity contribution in [2.45, 2.75) is 39.5 Å². The normalized spacial score (nSPS) is 10.8. The predicted octanol–water partition coefficient (Wildman–Crippen LogP) is 4.12. The van der Waals surface area contributed by atoms with Crippen molar-refractivity contribution in [1.29, 1.82) is 0 Å². The molecule has 2 nitrogen and oxygen atoms in total. The lowest BCUT2D eigenvalue weighted by molar-refractivity contribution is 0.245. The van der Waals surface area contributed by atoms with Crippen LogP contribution in [0, 0.1) is 0 Å². The third-order valence-corrected chi connectivity index (χ3v) is 3.24. The van der Waals surface area contributed by atoms with Crippen LogP contribution in [0.3, 0.4) is 0 Å². The molecule has 0 aliphatic carbocycles. The topological polar surface area (TPSA) is 18.5 Å². The van der Waals surface area contributed by atoms with Crippen molar-refractivity contribution >= 4 is 8.38 Å². The Hall–Kier alpha value is 0.0900. The number of rotatable bonds is 10. The minimum absolute atomic E-state index is 0.702. The smallest absolute Gasteiger partial charge is 0.174 e. The number of hydrogen-bond donors (Lipinski definition) is 0. The van der Waals surface area contributed by atoms with Crippen LogP contribution < -0.4 is 0 Å². The molecule has 0 bridgehead atoms. The summed E-state index contributed by atoms with van der Waals surface area (Å²) in [7, 11) is -0.702. The highest BCUT2D eigenvalue weighted by atomic mass is 31.2. The first kappa shape index (κ1) is 14.1. The lowest BCUT2D eigenvalue weighted by atomic mass is 10.4. The van der Waals surface area contributed by atoms with E-state index in [-0.39, 0.29) is 0 Å². The molecule has 0 aromatic rings. The van der Waals surface area contributed by atoms with Crippen LogP contribution in [0.25, 0.3) is 0 Å². The molecule has 0 radical (unpaired) electrons. The standard InChI is InChI=1S/C11H23O2P/c1-4-7-9-12-14(11-6-3)13-10-8-5-2/h6H,3-5,7-11H2,1-2H3.